The average Bonchev–Trinajstić information content (AvgIpc) is 3.24. The number of hydrogen-bond donors (Lipinski definition) is 6. The third-order valence-electron chi connectivity index (χ3n) is 9.99. The van der Waals surface area contributed by atoms with Crippen molar-refractivity contribution in [3.63, 3.8) is 0 Å². The van der Waals surface area contributed by atoms with Crippen LogP contribution < -0.4 is 40.2 Å². The van der Waals surface area contributed by atoms with E-state index in [9.17, 15) is 24.2 Å². The Labute approximate surface area is 281 Å². The number of fused-ring (bicyclic) bond motifs is 1. The van der Waals surface area contributed by atoms with E-state index in [1.165, 1.54) is 62.5 Å². The topological polar surface area (TPSA) is 184 Å². The molecule has 0 saturated heterocycles. The van der Waals surface area contributed by atoms with Crippen molar-refractivity contribution in [1.29, 1.82) is 0 Å². The molecule has 0 aromatic rings. The van der Waals surface area contributed by atoms with Crippen LogP contribution in [0.3, 0.4) is 0 Å². The van der Waals surface area contributed by atoms with E-state index in [2.05, 4.69) is 46.4 Å². The molecule has 7 atom stereocenters. The molecule has 0 aromatic carbocycles. The van der Waals surface area contributed by atoms with Crippen LogP contribution in [0.5, 0.6) is 0 Å². The minimum absolute atomic E-state index is 0. The SMILES string of the molecule is C=C1CC[C@H](O)C/C1=C/C=C1\CCC[C@]2(C)[C@@H]([C@H](C)CCCC(C)C)CC[C@@H]12.NCCCC(O)(P(=O)([O-])O)P(=O)(O)O.[Na+]. The molecular weight excluding hydrogens is 599 g/mol. The maximum absolute atomic E-state index is 10.7. The van der Waals surface area contributed by atoms with E-state index in [1.54, 1.807) is 5.57 Å². The summed E-state index contributed by atoms with van der Waals surface area (Å²) in [4.78, 5) is 36.3. The standard InChI is InChI=1S/C27H44O.C4H13NO7P2.Na/c1-19(2)8-6-9-21(4)25-15-16-26-22(10-7-17-27(25,26)5)12-13-23-18-24(28)14-11-20(23)3;5-3-1-2-4(6,13(7,8)9)14(10,11)12;/h12-13,19,21,24-26,28H,3,6-11,14-18H2,1-2,4-5H3;6H,1-3,5H2,(H2,7,8,9)(H2,10,11,12);/q;;+1/p-1/b22-12+,23-13-;;/t21-,24+,25-,26+,27-;;/m1../s1. The molecule has 3 aliphatic rings. The van der Waals surface area contributed by atoms with E-state index in [-0.39, 0.29) is 48.6 Å². The van der Waals surface area contributed by atoms with Gasteiger partial charge in [-0.2, -0.15) is 0 Å². The summed E-state index contributed by atoms with van der Waals surface area (Å²) in [7, 11) is -10.9. The molecule has 0 radical (unpaired) electrons. The van der Waals surface area contributed by atoms with Gasteiger partial charge in [0.05, 0.1) is 6.10 Å². The molecule has 43 heavy (non-hydrogen) atoms. The summed E-state index contributed by atoms with van der Waals surface area (Å²) in [6.45, 7) is 14.0. The first-order valence-corrected chi connectivity index (χ1v) is 18.8. The van der Waals surface area contributed by atoms with Crippen molar-refractivity contribution in [1.82, 2.24) is 0 Å². The number of aliphatic hydroxyl groups is 2. The molecule has 3 rings (SSSR count). The van der Waals surface area contributed by atoms with Gasteiger partial charge in [-0.05, 0) is 105 Å². The second kappa shape index (κ2) is 17.5. The number of hydrogen-bond acceptors (Lipinski definition) is 6. The molecular formula is C31H56NNaO8P2. The molecule has 12 heteroatoms. The molecule has 0 heterocycles. The first-order chi connectivity index (χ1) is 19.4. The second-order valence-corrected chi connectivity index (χ2v) is 17.5. The van der Waals surface area contributed by atoms with Crippen LogP contribution >= 0.6 is 15.2 Å². The summed E-state index contributed by atoms with van der Waals surface area (Å²) in [5.41, 5.74) is 9.70. The van der Waals surface area contributed by atoms with Crippen LogP contribution in [0.15, 0.2) is 35.5 Å². The Balaban J connectivity index is 0.000000526. The Bertz CT molecular complexity index is 1050. The third-order valence-corrected chi connectivity index (χ3v) is 13.8. The van der Waals surface area contributed by atoms with Crippen molar-refractivity contribution in [2.24, 2.45) is 34.8 Å². The van der Waals surface area contributed by atoms with Gasteiger partial charge in [-0.3, -0.25) is 4.57 Å². The Hall–Kier alpha value is 0.400. The average molecular weight is 656 g/mol. The van der Waals surface area contributed by atoms with Crippen LogP contribution in [-0.4, -0.2) is 42.6 Å². The Morgan fingerprint density at radius 2 is 1.74 bits per heavy atom. The number of aliphatic hydroxyl groups excluding tert-OH is 1. The van der Waals surface area contributed by atoms with Crippen LogP contribution in [0.1, 0.15) is 111 Å². The molecule has 0 aromatic heterocycles. The van der Waals surface area contributed by atoms with Gasteiger partial charge >= 0.3 is 37.2 Å². The number of allylic oxidation sites excluding steroid dienone is 4. The van der Waals surface area contributed by atoms with Gasteiger partial charge in [0.2, 0.25) is 5.08 Å². The zero-order valence-corrected chi connectivity index (χ0v) is 30.9. The van der Waals surface area contributed by atoms with E-state index < -0.39 is 26.7 Å². The molecule has 9 nitrogen and oxygen atoms in total. The van der Waals surface area contributed by atoms with E-state index >= 15 is 0 Å². The molecule has 3 fully saturated rings. The normalized spacial score (nSPS) is 31.4. The van der Waals surface area contributed by atoms with E-state index in [0.29, 0.717) is 5.41 Å². The molecule has 244 valence electrons. The first kappa shape index (κ1) is 41.4. The zero-order chi connectivity index (χ0) is 31.9. The molecule has 3 aliphatic carbocycles. The fourth-order valence-electron chi connectivity index (χ4n) is 7.45. The van der Waals surface area contributed by atoms with Crippen LogP contribution in [0.25, 0.3) is 0 Å². The van der Waals surface area contributed by atoms with Gasteiger partial charge in [0.25, 0.3) is 0 Å². The van der Waals surface area contributed by atoms with Crippen LogP contribution in [0.2, 0.25) is 0 Å². The van der Waals surface area contributed by atoms with Gasteiger partial charge < -0.3 is 40.1 Å². The summed E-state index contributed by atoms with van der Waals surface area (Å²) in [5.74, 6) is 3.37. The predicted octanol–water partition coefficient (Wildman–Crippen LogP) is 2.72. The predicted molar refractivity (Wildman–Crippen MR) is 166 cm³/mol. The molecule has 0 spiro atoms. The molecule has 7 N–H and O–H groups in total. The molecule has 0 amide bonds. The smallest absolute Gasteiger partial charge is 0.776 e. The fraction of sp³-hybridized carbons (Fsp3) is 0.806. The summed E-state index contributed by atoms with van der Waals surface area (Å²) >= 11 is 0. The number of rotatable bonds is 11. The summed E-state index contributed by atoms with van der Waals surface area (Å²) in [6, 6.07) is 0. The molecule has 0 aliphatic heterocycles. The van der Waals surface area contributed by atoms with Crippen LogP contribution in [0, 0.1) is 29.1 Å². The third kappa shape index (κ3) is 11.0. The Kier molecular flexibility index (Phi) is 16.9. The van der Waals surface area contributed by atoms with E-state index in [4.69, 9.17) is 20.4 Å². The minimum atomic E-state index is -5.55. The van der Waals surface area contributed by atoms with Gasteiger partial charge in [-0.15, -0.1) is 0 Å². The Morgan fingerprint density at radius 1 is 1.09 bits per heavy atom. The molecule has 2 unspecified atom stereocenters. The Morgan fingerprint density at radius 3 is 2.30 bits per heavy atom. The monoisotopic (exact) mass is 655 g/mol. The minimum Gasteiger partial charge on any atom is -0.776 e. The zero-order valence-electron chi connectivity index (χ0n) is 27.1. The van der Waals surface area contributed by atoms with Crippen molar-refractivity contribution in [2.45, 2.75) is 122 Å². The van der Waals surface area contributed by atoms with Crippen molar-refractivity contribution < 1.29 is 68.5 Å². The summed E-state index contributed by atoms with van der Waals surface area (Å²) in [5, 5.41) is 15.8. The van der Waals surface area contributed by atoms with E-state index in [1.807, 2.05) is 0 Å². The summed E-state index contributed by atoms with van der Waals surface area (Å²) in [6.07, 6.45) is 17.3. The van der Waals surface area contributed by atoms with Crippen molar-refractivity contribution >= 4 is 15.2 Å². The maximum Gasteiger partial charge on any atom is 1.00 e. The van der Waals surface area contributed by atoms with Gasteiger partial charge in [-0.25, -0.2) is 0 Å². The van der Waals surface area contributed by atoms with Crippen LogP contribution in [0.4, 0.5) is 0 Å². The van der Waals surface area contributed by atoms with Gasteiger partial charge in [0, 0.05) is 0 Å². The van der Waals surface area contributed by atoms with Gasteiger partial charge in [0.15, 0.2) is 7.60 Å². The maximum atomic E-state index is 10.7. The number of nitrogens with two attached hydrogens (primary N) is 1. The van der Waals surface area contributed by atoms with E-state index in [0.717, 1.165) is 42.9 Å². The largest absolute Gasteiger partial charge is 1.00 e. The van der Waals surface area contributed by atoms with Crippen molar-refractivity contribution in [3.8, 4) is 0 Å². The molecule has 3 saturated carbocycles. The fourth-order valence-corrected chi connectivity index (χ4v) is 9.66. The second-order valence-electron chi connectivity index (χ2n) is 13.6. The van der Waals surface area contributed by atoms with Gasteiger partial charge in [-0.1, -0.05) is 76.8 Å². The summed E-state index contributed by atoms with van der Waals surface area (Å²) < 4.78 is 21.3. The first-order valence-electron chi connectivity index (χ1n) is 15.6. The van der Waals surface area contributed by atoms with Gasteiger partial charge in [0.1, 0.15) is 0 Å². The molecule has 0 bridgehead atoms. The van der Waals surface area contributed by atoms with Crippen molar-refractivity contribution in [3.05, 3.63) is 35.5 Å². The van der Waals surface area contributed by atoms with Crippen LogP contribution in [-0.2, 0) is 9.13 Å². The van der Waals surface area contributed by atoms with Crippen molar-refractivity contribution in [2.75, 3.05) is 6.54 Å². The quantitative estimate of drug-likeness (QED) is 0.144.